The first-order valence-corrected chi connectivity index (χ1v) is 11.5. The van der Waals surface area contributed by atoms with E-state index in [4.69, 9.17) is 0 Å². The first kappa shape index (κ1) is 22.6. The Hall–Kier alpha value is -3.55. The molecule has 0 aliphatic carbocycles. The van der Waals surface area contributed by atoms with Gasteiger partial charge in [0.1, 0.15) is 0 Å². The molecule has 33 heavy (non-hydrogen) atoms. The molecule has 2 heterocycles. The zero-order valence-corrected chi connectivity index (χ0v) is 19.1. The highest BCUT2D eigenvalue weighted by molar-refractivity contribution is 5.80. The summed E-state index contributed by atoms with van der Waals surface area (Å²) in [5, 5.41) is 14.2. The molecule has 2 aromatic heterocycles. The lowest BCUT2D eigenvalue weighted by Gasteiger charge is -2.10. The molecule has 0 spiro atoms. The summed E-state index contributed by atoms with van der Waals surface area (Å²) >= 11 is 0. The van der Waals surface area contributed by atoms with Gasteiger partial charge in [0.2, 0.25) is 5.95 Å². The van der Waals surface area contributed by atoms with E-state index in [9.17, 15) is 4.79 Å². The molecular weight excluding hydrogens is 419 g/mol. The number of nitrogens with zero attached hydrogens (tertiary/aromatic N) is 5. The van der Waals surface area contributed by atoms with Gasteiger partial charge in [-0.2, -0.15) is 4.39 Å². The fourth-order valence-electron chi connectivity index (χ4n) is 4.15. The second-order valence-corrected chi connectivity index (χ2v) is 8.21. The van der Waals surface area contributed by atoms with Crippen LogP contribution in [-0.2, 0) is 19.5 Å². The van der Waals surface area contributed by atoms with Crippen molar-refractivity contribution in [1.82, 2.24) is 29.8 Å². The van der Waals surface area contributed by atoms with Crippen LogP contribution in [0.5, 0.6) is 0 Å². The third-order valence-corrected chi connectivity index (χ3v) is 5.87. The second-order valence-electron chi connectivity index (χ2n) is 8.21. The van der Waals surface area contributed by atoms with E-state index in [1.807, 2.05) is 55.5 Å². The minimum atomic E-state index is -0.385. The Balaban J connectivity index is 1.62. The highest BCUT2D eigenvalue weighted by Gasteiger charge is 2.19. The molecule has 0 saturated heterocycles. The number of benzene rings is 2. The van der Waals surface area contributed by atoms with Crippen LogP contribution in [0.25, 0.3) is 22.5 Å². The molecule has 7 nitrogen and oxygen atoms in total. The van der Waals surface area contributed by atoms with Crippen molar-refractivity contribution in [2.75, 3.05) is 0 Å². The van der Waals surface area contributed by atoms with E-state index in [1.165, 1.54) is 4.57 Å². The molecule has 1 N–H and O–H groups in total. The standard InChI is InChI=1S/C25H29FN6O/c1-3-5-8-16-31-23(26)22(9-4-2)32(25(31)33)17-18-12-14-19(15-13-18)20-10-6-7-11-21(20)24-27-29-30-28-24/h6-7,10-15H,3-5,8-9,16-17H2,1-2H3,(H,27,28,29,30). The average molecular weight is 449 g/mol. The lowest BCUT2D eigenvalue weighted by molar-refractivity contribution is 0.461. The monoisotopic (exact) mass is 448 g/mol. The Kier molecular flexibility index (Phi) is 7.12. The summed E-state index contributed by atoms with van der Waals surface area (Å²) in [6.07, 6.45) is 4.13. The molecule has 0 fully saturated rings. The van der Waals surface area contributed by atoms with E-state index in [2.05, 4.69) is 27.5 Å². The van der Waals surface area contributed by atoms with Crippen LogP contribution in [0, 0.1) is 5.95 Å². The van der Waals surface area contributed by atoms with Gasteiger partial charge >= 0.3 is 5.69 Å². The van der Waals surface area contributed by atoms with Gasteiger partial charge in [0, 0.05) is 12.1 Å². The normalized spacial score (nSPS) is 11.2. The maximum Gasteiger partial charge on any atom is 0.330 e. The minimum Gasteiger partial charge on any atom is -0.289 e. The predicted octanol–water partition coefficient (Wildman–Crippen LogP) is 4.83. The number of tetrazole rings is 1. The van der Waals surface area contributed by atoms with Crippen LogP contribution in [-0.4, -0.2) is 29.8 Å². The predicted molar refractivity (Wildman–Crippen MR) is 126 cm³/mol. The van der Waals surface area contributed by atoms with Crippen molar-refractivity contribution in [2.24, 2.45) is 0 Å². The summed E-state index contributed by atoms with van der Waals surface area (Å²) in [7, 11) is 0. The van der Waals surface area contributed by atoms with Crippen LogP contribution in [0.3, 0.4) is 0 Å². The SMILES string of the molecule is CCCCCn1c(F)c(CCC)n(Cc2ccc(-c3ccccc3-c3nnn[nH]3)cc2)c1=O. The molecule has 4 rings (SSSR count). The summed E-state index contributed by atoms with van der Waals surface area (Å²) in [6, 6.07) is 15.9. The molecule has 0 aliphatic rings. The third kappa shape index (κ3) is 4.79. The van der Waals surface area contributed by atoms with Crippen molar-refractivity contribution in [3.05, 3.63) is 76.2 Å². The maximum atomic E-state index is 15.1. The highest BCUT2D eigenvalue weighted by Crippen LogP contribution is 2.29. The number of halogens is 1. The van der Waals surface area contributed by atoms with E-state index < -0.39 is 0 Å². The number of unbranched alkanes of at least 4 members (excludes halogenated alkanes) is 2. The molecular formula is C25H29FN6O. The Bertz CT molecular complexity index is 1240. The van der Waals surface area contributed by atoms with Gasteiger partial charge in [-0.15, -0.1) is 5.10 Å². The number of hydrogen-bond acceptors (Lipinski definition) is 4. The van der Waals surface area contributed by atoms with E-state index in [1.54, 1.807) is 4.57 Å². The van der Waals surface area contributed by atoms with Gasteiger partial charge in [-0.1, -0.05) is 81.6 Å². The van der Waals surface area contributed by atoms with Crippen molar-refractivity contribution < 1.29 is 4.39 Å². The Morgan fingerprint density at radius 2 is 1.70 bits per heavy atom. The summed E-state index contributed by atoms with van der Waals surface area (Å²) < 4.78 is 18.0. The zero-order valence-electron chi connectivity index (χ0n) is 19.1. The molecule has 4 aromatic rings. The molecule has 2 aromatic carbocycles. The van der Waals surface area contributed by atoms with E-state index in [0.717, 1.165) is 47.9 Å². The molecule has 0 amide bonds. The number of hydrogen-bond donors (Lipinski definition) is 1. The highest BCUT2D eigenvalue weighted by atomic mass is 19.1. The molecule has 172 valence electrons. The van der Waals surface area contributed by atoms with Gasteiger partial charge in [0.25, 0.3) is 0 Å². The number of aromatic nitrogens is 6. The van der Waals surface area contributed by atoms with Gasteiger partial charge in [-0.3, -0.25) is 9.13 Å². The molecule has 0 aliphatic heterocycles. The van der Waals surface area contributed by atoms with Crippen molar-refractivity contribution >= 4 is 0 Å². The summed E-state index contributed by atoms with van der Waals surface area (Å²) in [5.74, 6) is 0.217. The van der Waals surface area contributed by atoms with Crippen LogP contribution in [0.2, 0.25) is 0 Å². The van der Waals surface area contributed by atoms with E-state index >= 15 is 4.39 Å². The quantitative estimate of drug-likeness (QED) is 0.353. The number of rotatable bonds is 10. The first-order chi connectivity index (χ1) is 16.1. The molecule has 0 radical (unpaired) electrons. The van der Waals surface area contributed by atoms with Crippen LogP contribution >= 0.6 is 0 Å². The minimum absolute atomic E-state index is 0.265. The fourth-order valence-corrected chi connectivity index (χ4v) is 4.15. The number of H-pyrrole nitrogens is 1. The molecule has 0 unspecified atom stereocenters. The lowest BCUT2D eigenvalue weighted by Crippen LogP contribution is -2.26. The van der Waals surface area contributed by atoms with E-state index in [0.29, 0.717) is 31.0 Å². The molecule has 8 heteroatoms. The third-order valence-electron chi connectivity index (χ3n) is 5.87. The zero-order chi connectivity index (χ0) is 23.2. The van der Waals surface area contributed by atoms with Crippen LogP contribution < -0.4 is 5.69 Å². The van der Waals surface area contributed by atoms with Gasteiger partial charge in [0.05, 0.1) is 12.2 Å². The molecule has 0 saturated carbocycles. The first-order valence-electron chi connectivity index (χ1n) is 11.5. The summed E-state index contributed by atoms with van der Waals surface area (Å²) in [4.78, 5) is 13.0. The van der Waals surface area contributed by atoms with Crippen LogP contribution in [0.4, 0.5) is 4.39 Å². The maximum absolute atomic E-state index is 15.1. The van der Waals surface area contributed by atoms with Gasteiger partial charge < -0.3 is 0 Å². The van der Waals surface area contributed by atoms with Crippen molar-refractivity contribution in [2.45, 2.75) is 59.0 Å². The number of imidazole rings is 1. The second kappa shape index (κ2) is 10.4. The summed E-state index contributed by atoms with van der Waals surface area (Å²) in [6.45, 7) is 4.87. The Morgan fingerprint density at radius 1 is 0.939 bits per heavy atom. The largest absolute Gasteiger partial charge is 0.330 e. The molecule has 0 bridgehead atoms. The van der Waals surface area contributed by atoms with Crippen molar-refractivity contribution in [3.8, 4) is 22.5 Å². The van der Waals surface area contributed by atoms with Crippen molar-refractivity contribution in [3.63, 3.8) is 0 Å². The topological polar surface area (TPSA) is 81.4 Å². The van der Waals surface area contributed by atoms with E-state index in [-0.39, 0.29) is 11.6 Å². The van der Waals surface area contributed by atoms with Gasteiger partial charge in [-0.25, -0.2) is 9.89 Å². The lowest BCUT2D eigenvalue weighted by atomic mass is 9.98. The van der Waals surface area contributed by atoms with Gasteiger partial charge in [-0.05, 0) is 40.0 Å². The van der Waals surface area contributed by atoms with Crippen LogP contribution in [0.1, 0.15) is 50.8 Å². The number of nitrogens with one attached hydrogen (secondary N) is 1. The fraction of sp³-hybridized carbons (Fsp3) is 0.360. The Labute approximate surface area is 192 Å². The number of aromatic amines is 1. The smallest absolute Gasteiger partial charge is 0.289 e. The van der Waals surface area contributed by atoms with Crippen LogP contribution in [0.15, 0.2) is 53.3 Å². The Morgan fingerprint density at radius 3 is 2.36 bits per heavy atom. The average Bonchev–Trinajstić information content (AvgIpc) is 3.45. The summed E-state index contributed by atoms with van der Waals surface area (Å²) in [5.41, 5.74) is 4.09. The van der Waals surface area contributed by atoms with Gasteiger partial charge in [0.15, 0.2) is 5.82 Å². The van der Waals surface area contributed by atoms with Crippen molar-refractivity contribution in [1.29, 1.82) is 0 Å². The molecule has 0 atom stereocenters.